The molecule has 0 aliphatic carbocycles. The highest BCUT2D eigenvalue weighted by Gasteiger charge is 2.19. The molecule has 25 heavy (non-hydrogen) atoms. The van der Waals surface area contributed by atoms with E-state index in [9.17, 15) is 4.79 Å². The first-order chi connectivity index (χ1) is 12.2. The Morgan fingerprint density at radius 3 is 2.44 bits per heavy atom. The van der Waals surface area contributed by atoms with Crippen LogP contribution in [-0.2, 0) is 17.6 Å². The van der Waals surface area contributed by atoms with E-state index in [1.165, 1.54) is 12.5 Å². The molecule has 3 aromatic rings. The molecule has 0 bridgehead atoms. The molecule has 3 rings (SSSR count). The molecule has 0 fully saturated rings. The number of nitrogens with one attached hydrogen (secondary N) is 1. The summed E-state index contributed by atoms with van der Waals surface area (Å²) >= 11 is 0. The van der Waals surface area contributed by atoms with Gasteiger partial charge in [-0.15, -0.1) is 0 Å². The van der Waals surface area contributed by atoms with Crippen LogP contribution in [0.25, 0.3) is 22.0 Å². The summed E-state index contributed by atoms with van der Waals surface area (Å²) in [6.45, 7) is 5.64. The average molecular weight is 334 g/mol. The van der Waals surface area contributed by atoms with Gasteiger partial charge in [0.2, 0.25) is 11.8 Å². The number of benzene rings is 2. The van der Waals surface area contributed by atoms with Crippen LogP contribution in [0.5, 0.6) is 5.88 Å². The summed E-state index contributed by atoms with van der Waals surface area (Å²) in [6.07, 6.45) is 1.67. The second kappa shape index (κ2) is 7.34. The number of pyridine rings is 1. The molecule has 0 aliphatic rings. The molecule has 4 nitrogen and oxygen atoms in total. The molecule has 1 aromatic heterocycles. The Morgan fingerprint density at radius 2 is 1.80 bits per heavy atom. The van der Waals surface area contributed by atoms with Gasteiger partial charge in [-0.2, -0.15) is 5.48 Å². The predicted octanol–water partition coefficient (Wildman–Crippen LogP) is 4.46. The molecule has 0 unspecified atom stereocenters. The first-order valence-electron chi connectivity index (χ1n) is 8.59. The van der Waals surface area contributed by atoms with Gasteiger partial charge in [-0.05, 0) is 35.6 Å². The van der Waals surface area contributed by atoms with E-state index in [0.29, 0.717) is 5.88 Å². The zero-order valence-electron chi connectivity index (χ0n) is 14.8. The Morgan fingerprint density at radius 1 is 1.04 bits per heavy atom. The maximum absolute atomic E-state index is 11.3. The molecule has 2 aromatic carbocycles. The quantitative estimate of drug-likeness (QED) is 0.701. The summed E-state index contributed by atoms with van der Waals surface area (Å²) in [5.74, 6) is 0.199. The van der Waals surface area contributed by atoms with E-state index in [1.807, 2.05) is 30.3 Å². The Labute approximate surface area is 147 Å². The van der Waals surface area contributed by atoms with E-state index < -0.39 is 0 Å². The summed E-state index contributed by atoms with van der Waals surface area (Å²) in [5.41, 5.74) is 7.78. The Balaban J connectivity index is 2.35. The normalized spacial score (nSPS) is 10.7. The maximum atomic E-state index is 11.3. The number of hydroxylamine groups is 1. The highest BCUT2D eigenvalue weighted by atomic mass is 16.7. The van der Waals surface area contributed by atoms with Crippen molar-refractivity contribution in [2.45, 2.75) is 33.6 Å². The number of aryl methyl sites for hydroxylation is 1. The van der Waals surface area contributed by atoms with Gasteiger partial charge in [-0.1, -0.05) is 56.3 Å². The van der Waals surface area contributed by atoms with Crippen LogP contribution in [0.15, 0.2) is 48.5 Å². The summed E-state index contributed by atoms with van der Waals surface area (Å²) in [4.78, 5) is 21.5. The molecule has 0 saturated heterocycles. The lowest BCUT2D eigenvalue weighted by Gasteiger charge is -2.18. The molecule has 1 N–H and O–H groups in total. The minimum absolute atomic E-state index is 0.257. The van der Waals surface area contributed by atoms with Gasteiger partial charge < -0.3 is 4.84 Å². The number of hydrogen-bond acceptors (Lipinski definition) is 3. The first kappa shape index (κ1) is 17.0. The topological polar surface area (TPSA) is 51.2 Å². The molecule has 1 heterocycles. The molecule has 0 aliphatic heterocycles. The van der Waals surface area contributed by atoms with Crippen molar-refractivity contribution in [1.82, 2.24) is 10.5 Å². The lowest BCUT2D eigenvalue weighted by molar-refractivity contribution is -0.125. The molecule has 0 radical (unpaired) electrons. The molecule has 0 saturated carbocycles. The van der Waals surface area contributed by atoms with E-state index in [0.717, 1.165) is 40.4 Å². The maximum Gasteiger partial charge on any atom is 0.250 e. The highest BCUT2D eigenvalue weighted by molar-refractivity contribution is 5.99. The predicted molar refractivity (Wildman–Crippen MR) is 100 cm³/mol. The van der Waals surface area contributed by atoms with Crippen molar-refractivity contribution in [3.05, 3.63) is 59.7 Å². The second-order valence-corrected chi connectivity index (χ2v) is 5.92. The van der Waals surface area contributed by atoms with Crippen LogP contribution in [-0.4, -0.2) is 10.9 Å². The monoisotopic (exact) mass is 334 g/mol. The van der Waals surface area contributed by atoms with E-state index in [2.05, 4.69) is 42.5 Å². The van der Waals surface area contributed by atoms with Gasteiger partial charge in [-0.25, -0.2) is 4.98 Å². The lowest BCUT2D eigenvalue weighted by Crippen LogP contribution is -2.25. The third-order valence-corrected chi connectivity index (χ3v) is 4.25. The van der Waals surface area contributed by atoms with Crippen molar-refractivity contribution in [3.63, 3.8) is 0 Å². The van der Waals surface area contributed by atoms with Gasteiger partial charge in [0.1, 0.15) is 0 Å². The number of aromatic nitrogens is 1. The number of rotatable bonds is 5. The third kappa shape index (κ3) is 3.33. The van der Waals surface area contributed by atoms with Gasteiger partial charge in [0.05, 0.1) is 5.52 Å². The molecule has 1 amide bonds. The van der Waals surface area contributed by atoms with Gasteiger partial charge in [0.25, 0.3) is 0 Å². The molecule has 0 atom stereocenters. The summed E-state index contributed by atoms with van der Waals surface area (Å²) in [5, 5.41) is 1.16. The van der Waals surface area contributed by atoms with Crippen molar-refractivity contribution >= 4 is 16.8 Å². The second-order valence-electron chi connectivity index (χ2n) is 5.92. The van der Waals surface area contributed by atoms with Crippen molar-refractivity contribution in [2.24, 2.45) is 0 Å². The molecular weight excluding hydrogens is 312 g/mol. The SMILES string of the molecule is CCc1c(ONC(C)=O)nc2cccc(CC)c2c1-c1ccccc1. The lowest BCUT2D eigenvalue weighted by atomic mass is 9.91. The number of hydrogen-bond donors (Lipinski definition) is 1. The Bertz CT molecular complexity index is 905. The van der Waals surface area contributed by atoms with Crippen LogP contribution in [0.2, 0.25) is 0 Å². The Kier molecular flexibility index (Phi) is 4.98. The van der Waals surface area contributed by atoms with E-state index >= 15 is 0 Å². The molecular formula is C21H22N2O2. The zero-order valence-corrected chi connectivity index (χ0v) is 14.8. The number of nitrogens with zero attached hydrogens (tertiary/aromatic N) is 1. The van der Waals surface area contributed by atoms with Gasteiger partial charge in [0, 0.05) is 17.9 Å². The van der Waals surface area contributed by atoms with Crippen LogP contribution in [0, 0.1) is 0 Å². The van der Waals surface area contributed by atoms with Gasteiger partial charge in [0.15, 0.2) is 0 Å². The van der Waals surface area contributed by atoms with Crippen molar-refractivity contribution in [2.75, 3.05) is 0 Å². The largest absolute Gasteiger partial charge is 0.359 e. The van der Waals surface area contributed by atoms with E-state index in [1.54, 1.807) is 0 Å². The fourth-order valence-corrected chi connectivity index (χ4v) is 3.15. The van der Waals surface area contributed by atoms with Crippen LogP contribution >= 0.6 is 0 Å². The average Bonchev–Trinajstić information content (AvgIpc) is 2.65. The van der Waals surface area contributed by atoms with Crippen molar-refractivity contribution in [1.29, 1.82) is 0 Å². The minimum atomic E-state index is -0.257. The summed E-state index contributed by atoms with van der Waals surface area (Å²) in [6, 6.07) is 16.4. The molecule has 0 spiro atoms. The van der Waals surface area contributed by atoms with E-state index in [-0.39, 0.29) is 5.91 Å². The smallest absolute Gasteiger partial charge is 0.250 e. The van der Waals surface area contributed by atoms with Crippen molar-refractivity contribution < 1.29 is 9.63 Å². The fourth-order valence-electron chi connectivity index (χ4n) is 3.15. The molecule has 128 valence electrons. The van der Waals surface area contributed by atoms with Crippen LogP contribution in [0.3, 0.4) is 0 Å². The minimum Gasteiger partial charge on any atom is -0.359 e. The Hall–Kier alpha value is -2.88. The first-order valence-corrected chi connectivity index (χ1v) is 8.59. The fraction of sp³-hybridized carbons (Fsp3) is 0.238. The molecule has 4 heteroatoms. The standard InChI is InChI=1S/C21H22N2O2/c1-4-15-12-9-13-18-20(15)19(16-10-7-6-8-11-16)17(5-2)21(22-18)25-23-14(3)24/h6-13H,4-5H2,1-3H3,(H,23,24). The van der Waals surface area contributed by atoms with E-state index in [4.69, 9.17) is 4.84 Å². The number of fused-ring (bicyclic) bond motifs is 1. The van der Waals surface area contributed by atoms with Crippen LogP contribution < -0.4 is 10.3 Å². The third-order valence-electron chi connectivity index (χ3n) is 4.25. The van der Waals surface area contributed by atoms with Gasteiger partial charge in [-0.3, -0.25) is 4.79 Å². The highest BCUT2D eigenvalue weighted by Crippen LogP contribution is 2.38. The summed E-state index contributed by atoms with van der Waals surface area (Å²) < 4.78 is 0. The summed E-state index contributed by atoms with van der Waals surface area (Å²) in [7, 11) is 0. The number of carbonyl (C=O) groups excluding carboxylic acids is 1. The van der Waals surface area contributed by atoms with Crippen LogP contribution in [0.4, 0.5) is 0 Å². The van der Waals surface area contributed by atoms with Gasteiger partial charge >= 0.3 is 0 Å². The van der Waals surface area contributed by atoms with Crippen LogP contribution in [0.1, 0.15) is 31.9 Å². The number of carbonyl (C=O) groups is 1. The van der Waals surface area contributed by atoms with Crippen molar-refractivity contribution in [3.8, 4) is 17.0 Å². The number of amides is 1. The zero-order chi connectivity index (χ0) is 17.8.